The van der Waals surface area contributed by atoms with Gasteiger partial charge in [0, 0.05) is 19.0 Å². The molecule has 0 aromatic carbocycles. The van der Waals surface area contributed by atoms with E-state index in [4.69, 9.17) is 4.74 Å². The second-order valence-electron chi connectivity index (χ2n) is 11.1. The van der Waals surface area contributed by atoms with Crippen LogP contribution in [0.2, 0.25) is 0 Å². The summed E-state index contributed by atoms with van der Waals surface area (Å²) in [6, 6.07) is -1.41. The van der Waals surface area contributed by atoms with Crippen LogP contribution >= 0.6 is 0 Å². The van der Waals surface area contributed by atoms with E-state index < -0.39 is 71.9 Å². The molecule has 4 N–H and O–H groups in total. The average molecular weight is 521 g/mol. The van der Waals surface area contributed by atoms with Gasteiger partial charge in [0.05, 0.1) is 36.0 Å². The van der Waals surface area contributed by atoms with Crippen molar-refractivity contribution in [3.05, 3.63) is 0 Å². The molecule has 36 heavy (non-hydrogen) atoms. The lowest BCUT2D eigenvalue weighted by Gasteiger charge is -2.56. The minimum absolute atomic E-state index is 0.216. The molecule has 6 unspecified atom stereocenters. The summed E-state index contributed by atoms with van der Waals surface area (Å²) in [6.07, 6.45) is -4.32. The van der Waals surface area contributed by atoms with Crippen molar-refractivity contribution in [3.63, 3.8) is 0 Å². The predicted octanol–water partition coefficient (Wildman–Crippen LogP) is 0.484. The molecular weight excluding hydrogens is 485 g/mol. The number of aliphatic hydroxyl groups excluding tert-OH is 1. The normalized spacial score (nSPS) is 45.9. The van der Waals surface area contributed by atoms with Crippen molar-refractivity contribution in [2.45, 2.75) is 118 Å². The summed E-state index contributed by atoms with van der Waals surface area (Å²) >= 11 is 0. The highest BCUT2D eigenvalue weighted by molar-refractivity contribution is 5.84. The molecule has 2 bridgehead atoms. The highest BCUT2D eigenvalue weighted by atomic mass is 19.3. The van der Waals surface area contributed by atoms with Crippen molar-refractivity contribution in [2.24, 2.45) is 0 Å². The van der Waals surface area contributed by atoms with Crippen molar-refractivity contribution in [1.82, 2.24) is 21.1 Å². The van der Waals surface area contributed by atoms with Crippen LogP contribution in [0.3, 0.4) is 0 Å². The SMILES string of the molecule is CC1NN(C)C(C(=O)NC23CCC(NC(=O)COC4CCC5OC(F)(F)OC5C4)(CC2)[C@@H](O)C3)C1F. The molecule has 2 aliphatic heterocycles. The van der Waals surface area contributed by atoms with Crippen LogP contribution in [0.4, 0.5) is 13.2 Å². The van der Waals surface area contributed by atoms with Crippen LogP contribution in [0.25, 0.3) is 0 Å². The van der Waals surface area contributed by atoms with E-state index in [1.165, 1.54) is 5.01 Å². The summed E-state index contributed by atoms with van der Waals surface area (Å²) in [5, 5.41) is 18.4. The number of nitrogens with zero attached hydrogens (tertiary/aromatic N) is 1. The summed E-state index contributed by atoms with van der Waals surface area (Å²) in [6.45, 7) is 1.42. The smallest absolute Gasteiger partial charge is 0.391 e. The van der Waals surface area contributed by atoms with E-state index in [2.05, 4.69) is 25.5 Å². The Labute approximate surface area is 207 Å². The van der Waals surface area contributed by atoms with Crippen LogP contribution in [-0.4, -0.2) is 95.6 Å². The Bertz CT molecular complexity index is 873. The first kappa shape index (κ1) is 26.1. The second-order valence-corrected chi connectivity index (χ2v) is 11.1. The van der Waals surface area contributed by atoms with Crippen LogP contribution in [0.15, 0.2) is 0 Å². The second kappa shape index (κ2) is 9.35. The molecule has 6 aliphatic rings. The summed E-state index contributed by atoms with van der Waals surface area (Å²) < 4.78 is 56.0. The fraction of sp³-hybridized carbons (Fsp3) is 0.913. The number of ether oxygens (including phenoxy) is 3. The first-order valence-corrected chi connectivity index (χ1v) is 12.7. The number of aliphatic hydroxyl groups is 1. The standard InChI is InChI=1S/C23H35F3N4O6/c1-12-18(24)19(30(2)29-12)20(33)28-21-5-7-22(8-6-21,16(31)10-21)27-17(32)11-34-13-3-4-14-15(9-13)36-23(25,26)35-14/h12-16,18-19,29,31H,3-11H2,1-2H3,(H,27,32)(H,28,33)/t12?,13?,14?,15?,16-,18?,19?,21?,22?/m0/s1. The summed E-state index contributed by atoms with van der Waals surface area (Å²) in [5.41, 5.74) is 1.44. The summed E-state index contributed by atoms with van der Waals surface area (Å²) in [7, 11) is 1.63. The van der Waals surface area contributed by atoms with E-state index in [1.807, 2.05) is 0 Å². The van der Waals surface area contributed by atoms with Gasteiger partial charge in [-0.15, -0.1) is 8.78 Å². The lowest BCUT2D eigenvalue weighted by atomic mass is 9.59. The molecule has 2 amide bonds. The summed E-state index contributed by atoms with van der Waals surface area (Å²) in [4.78, 5) is 25.6. The number of hydrogen-bond acceptors (Lipinski definition) is 8. The maximum absolute atomic E-state index is 14.5. The zero-order valence-corrected chi connectivity index (χ0v) is 20.5. The highest BCUT2D eigenvalue weighted by Gasteiger charge is 2.56. The molecule has 10 nitrogen and oxygen atoms in total. The van der Waals surface area contributed by atoms with Crippen LogP contribution in [-0.2, 0) is 23.8 Å². The van der Waals surface area contributed by atoms with Gasteiger partial charge in [-0.05, 0) is 51.9 Å². The Morgan fingerprint density at radius 1 is 1.14 bits per heavy atom. The molecular formula is C23H35F3N4O6. The minimum atomic E-state index is -3.58. The van der Waals surface area contributed by atoms with E-state index in [-0.39, 0.29) is 19.4 Å². The molecule has 7 atom stereocenters. The monoisotopic (exact) mass is 520 g/mol. The third-order valence-electron chi connectivity index (χ3n) is 8.68. The fourth-order valence-corrected chi connectivity index (χ4v) is 6.64. The molecule has 2 heterocycles. The molecule has 0 spiro atoms. The number of halogens is 3. The molecule has 0 radical (unpaired) electrons. The predicted molar refractivity (Wildman–Crippen MR) is 118 cm³/mol. The molecule has 2 saturated heterocycles. The number of carbonyl (C=O) groups excluding carboxylic acids is 2. The number of carbonyl (C=O) groups is 2. The molecule has 4 aliphatic carbocycles. The molecule has 0 aromatic heterocycles. The number of hydrazine groups is 1. The van der Waals surface area contributed by atoms with E-state index >= 15 is 0 Å². The van der Waals surface area contributed by atoms with Crippen LogP contribution in [0.5, 0.6) is 0 Å². The van der Waals surface area contributed by atoms with Crippen molar-refractivity contribution < 1.29 is 42.1 Å². The number of alkyl halides is 3. The summed E-state index contributed by atoms with van der Waals surface area (Å²) in [5.74, 6) is -0.804. The van der Waals surface area contributed by atoms with Gasteiger partial charge in [-0.25, -0.2) is 14.8 Å². The Morgan fingerprint density at radius 2 is 1.83 bits per heavy atom. The van der Waals surface area contributed by atoms with Gasteiger partial charge in [0.15, 0.2) is 0 Å². The van der Waals surface area contributed by atoms with Crippen molar-refractivity contribution in [1.29, 1.82) is 0 Å². The maximum atomic E-state index is 14.5. The molecule has 6 rings (SSSR count). The van der Waals surface area contributed by atoms with Gasteiger partial charge in [-0.2, -0.15) is 0 Å². The number of fused-ring (bicyclic) bond motifs is 4. The fourth-order valence-electron chi connectivity index (χ4n) is 6.64. The van der Waals surface area contributed by atoms with Gasteiger partial charge in [0.1, 0.15) is 18.8 Å². The maximum Gasteiger partial charge on any atom is 0.486 e. The average Bonchev–Trinajstić information content (AvgIpc) is 3.25. The highest BCUT2D eigenvalue weighted by Crippen LogP contribution is 2.47. The van der Waals surface area contributed by atoms with E-state index in [0.717, 1.165) is 0 Å². The first-order chi connectivity index (χ1) is 16.9. The molecule has 204 valence electrons. The van der Waals surface area contributed by atoms with E-state index in [1.54, 1.807) is 14.0 Å². The van der Waals surface area contributed by atoms with Gasteiger partial charge in [-0.3, -0.25) is 19.1 Å². The van der Waals surface area contributed by atoms with E-state index in [0.29, 0.717) is 38.5 Å². The van der Waals surface area contributed by atoms with Crippen molar-refractivity contribution >= 4 is 11.8 Å². The van der Waals surface area contributed by atoms with Crippen molar-refractivity contribution in [3.8, 4) is 0 Å². The molecule has 6 fully saturated rings. The quantitative estimate of drug-likeness (QED) is 0.399. The Morgan fingerprint density at radius 3 is 2.47 bits per heavy atom. The number of amides is 2. The van der Waals surface area contributed by atoms with Crippen LogP contribution in [0, 0.1) is 0 Å². The zero-order valence-electron chi connectivity index (χ0n) is 20.5. The third-order valence-corrected chi connectivity index (χ3v) is 8.68. The zero-order chi connectivity index (χ0) is 25.9. The topological polar surface area (TPSA) is 121 Å². The molecule has 13 heteroatoms. The Balaban J connectivity index is 1.11. The molecule has 0 aromatic rings. The number of hydrogen-bond donors (Lipinski definition) is 4. The van der Waals surface area contributed by atoms with Crippen LogP contribution < -0.4 is 16.1 Å². The number of likely N-dealkylation sites (N-methyl/N-ethyl adjacent to an activating group) is 1. The Hall–Kier alpha value is -1.51. The van der Waals surface area contributed by atoms with Gasteiger partial charge in [0.25, 0.3) is 0 Å². The minimum Gasteiger partial charge on any atom is -0.391 e. The van der Waals surface area contributed by atoms with Crippen LogP contribution in [0.1, 0.15) is 58.3 Å². The van der Waals surface area contributed by atoms with Gasteiger partial charge >= 0.3 is 6.29 Å². The lowest BCUT2D eigenvalue weighted by molar-refractivity contribution is -0.351. The third kappa shape index (κ3) is 4.85. The van der Waals surface area contributed by atoms with Crippen molar-refractivity contribution in [2.75, 3.05) is 13.7 Å². The first-order valence-electron chi connectivity index (χ1n) is 12.7. The Kier molecular flexibility index (Phi) is 6.78. The van der Waals surface area contributed by atoms with Gasteiger partial charge in [-0.1, -0.05) is 0 Å². The molecule has 4 saturated carbocycles. The van der Waals surface area contributed by atoms with Gasteiger partial charge in [0.2, 0.25) is 11.8 Å². The number of rotatable bonds is 6. The largest absolute Gasteiger partial charge is 0.486 e. The van der Waals surface area contributed by atoms with E-state index in [9.17, 15) is 27.9 Å². The van der Waals surface area contributed by atoms with Gasteiger partial charge < -0.3 is 20.5 Å². The number of nitrogens with one attached hydrogen (secondary N) is 3. The lowest BCUT2D eigenvalue weighted by Crippen LogP contribution is -2.71.